The van der Waals surface area contributed by atoms with Crippen molar-refractivity contribution in [3.8, 4) is 0 Å². The van der Waals surface area contributed by atoms with Crippen LogP contribution in [0.5, 0.6) is 0 Å². The van der Waals surface area contributed by atoms with Crippen LogP contribution >= 0.6 is 0 Å². The van der Waals surface area contributed by atoms with E-state index in [4.69, 9.17) is 0 Å². The van der Waals surface area contributed by atoms with Gasteiger partial charge in [-0.3, -0.25) is 19.4 Å². The molecule has 0 aliphatic carbocycles. The van der Waals surface area contributed by atoms with Gasteiger partial charge in [0.05, 0.1) is 12.5 Å². The second kappa shape index (κ2) is 12.8. The van der Waals surface area contributed by atoms with Crippen molar-refractivity contribution in [1.82, 2.24) is 9.88 Å². The fourth-order valence-corrected chi connectivity index (χ4v) is 4.19. The third-order valence-electron chi connectivity index (χ3n) is 5.96. The number of carbonyl (C=O) groups is 2. The minimum absolute atomic E-state index is 0.134. The summed E-state index contributed by atoms with van der Waals surface area (Å²) in [6.07, 6.45) is 4.85. The Morgan fingerprint density at radius 3 is 2.36 bits per heavy atom. The summed E-state index contributed by atoms with van der Waals surface area (Å²) in [4.78, 5) is 41.8. The Morgan fingerprint density at radius 2 is 1.81 bits per heavy atom. The molecule has 1 aromatic heterocycles. The van der Waals surface area contributed by atoms with E-state index in [-0.39, 0.29) is 17.9 Å². The lowest BCUT2D eigenvalue weighted by atomic mass is 9.97. The van der Waals surface area contributed by atoms with Crippen molar-refractivity contribution in [3.05, 3.63) is 87.5 Å². The van der Waals surface area contributed by atoms with Gasteiger partial charge < -0.3 is 15.0 Å². The van der Waals surface area contributed by atoms with Crippen LogP contribution in [0, 0.1) is 26.7 Å². The molecule has 0 bridgehead atoms. The Kier molecular flexibility index (Phi) is 10.1. The molecule has 0 saturated heterocycles. The predicted octanol–water partition coefficient (Wildman–Crippen LogP) is 5.01. The predicted molar refractivity (Wildman–Crippen MR) is 145 cm³/mol. The van der Waals surface area contributed by atoms with Crippen LogP contribution in [0.2, 0.25) is 0 Å². The fourth-order valence-electron chi connectivity index (χ4n) is 4.19. The number of aliphatic imine (C=N–C) groups is 1. The summed E-state index contributed by atoms with van der Waals surface area (Å²) < 4.78 is 1.40. The van der Waals surface area contributed by atoms with Crippen LogP contribution in [-0.2, 0) is 9.59 Å². The molecule has 2 atom stereocenters. The Bertz CT molecular complexity index is 1220. The lowest BCUT2D eigenvalue weighted by molar-refractivity contribution is -0.137. The van der Waals surface area contributed by atoms with Crippen LogP contribution in [0.15, 0.2) is 64.7 Å². The molecule has 2 aromatic rings. The van der Waals surface area contributed by atoms with E-state index in [1.54, 1.807) is 18.5 Å². The summed E-state index contributed by atoms with van der Waals surface area (Å²) in [5.74, 6) is -1.38. The summed E-state index contributed by atoms with van der Waals surface area (Å²) in [6, 6.07) is 7.68. The quantitative estimate of drug-likeness (QED) is 0.432. The van der Waals surface area contributed by atoms with Crippen LogP contribution < -0.4 is 10.9 Å². The highest BCUT2D eigenvalue weighted by atomic mass is 16.4. The zero-order valence-electron chi connectivity index (χ0n) is 22.0. The van der Waals surface area contributed by atoms with Crippen LogP contribution in [0.3, 0.4) is 0 Å². The Hall–Kier alpha value is -3.74. The number of rotatable bonds is 11. The van der Waals surface area contributed by atoms with E-state index in [1.807, 2.05) is 59.7 Å². The molecule has 0 fully saturated rings. The third-order valence-corrected chi connectivity index (χ3v) is 5.96. The number of benzene rings is 1. The van der Waals surface area contributed by atoms with Gasteiger partial charge in [0.2, 0.25) is 5.91 Å². The number of aliphatic carboxylic acids is 1. The van der Waals surface area contributed by atoms with E-state index in [0.717, 1.165) is 27.8 Å². The Morgan fingerprint density at radius 1 is 1.17 bits per heavy atom. The van der Waals surface area contributed by atoms with E-state index < -0.39 is 24.0 Å². The summed E-state index contributed by atoms with van der Waals surface area (Å²) in [6.45, 7) is 15.7. The van der Waals surface area contributed by atoms with Gasteiger partial charge in [-0.15, -0.1) is 0 Å². The molecule has 1 heterocycles. The van der Waals surface area contributed by atoms with E-state index in [1.165, 1.54) is 16.8 Å². The van der Waals surface area contributed by atoms with Gasteiger partial charge in [-0.1, -0.05) is 38.6 Å². The van der Waals surface area contributed by atoms with Crippen molar-refractivity contribution in [2.24, 2.45) is 10.9 Å². The van der Waals surface area contributed by atoms with E-state index in [0.29, 0.717) is 12.0 Å². The first-order valence-electron chi connectivity index (χ1n) is 12.1. The Labute approximate surface area is 213 Å². The number of aryl methyl sites for hydroxylation is 3. The molecule has 1 amide bonds. The van der Waals surface area contributed by atoms with E-state index in [9.17, 15) is 19.5 Å². The molecule has 0 radical (unpaired) electrons. The lowest BCUT2D eigenvalue weighted by Gasteiger charge is -2.25. The zero-order valence-corrected chi connectivity index (χ0v) is 22.0. The maximum Gasteiger partial charge on any atom is 0.305 e. The molecule has 36 heavy (non-hydrogen) atoms. The average molecular weight is 492 g/mol. The zero-order chi connectivity index (χ0) is 27.0. The number of carboxylic acids is 1. The summed E-state index contributed by atoms with van der Waals surface area (Å²) in [7, 11) is 0. The standard InChI is InChI=1S/C29H37N3O4/c1-18(2)13-25(32-12-11-19(3)14-26(32)33)29(36)31-24(15-27(34)35)22(6)16-30-17-23(7)28-20(4)9-8-10-21(28)5/h8-12,14,16-18,24-25H,6,13,15H2,1-5,7H3,(H,31,36)(H,34,35)/b23-17+,30-16?/t24-,25?/m1/s1. The number of pyridine rings is 1. The van der Waals surface area contributed by atoms with Crippen LogP contribution in [-0.4, -0.2) is 33.8 Å². The first kappa shape index (κ1) is 28.5. The molecule has 1 unspecified atom stereocenters. The van der Waals surface area contributed by atoms with Crippen molar-refractivity contribution in [2.45, 2.75) is 66.5 Å². The second-order valence-electron chi connectivity index (χ2n) is 9.69. The number of amides is 1. The molecule has 0 spiro atoms. The highest BCUT2D eigenvalue weighted by Crippen LogP contribution is 2.22. The molecule has 192 valence electrons. The van der Waals surface area contributed by atoms with Gasteiger partial charge in [0.25, 0.3) is 5.56 Å². The number of carbonyl (C=O) groups excluding carboxylic acids is 1. The molecular formula is C29H37N3O4. The Balaban J connectivity index is 2.28. The molecule has 7 heteroatoms. The normalized spacial score (nSPS) is 13.6. The maximum atomic E-state index is 13.3. The van der Waals surface area contributed by atoms with Crippen LogP contribution in [0.4, 0.5) is 0 Å². The van der Waals surface area contributed by atoms with Crippen molar-refractivity contribution in [2.75, 3.05) is 0 Å². The number of hydrogen-bond acceptors (Lipinski definition) is 4. The van der Waals surface area contributed by atoms with Gasteiger partial charge in [0.1, 0.15) is 6.04 Å². The van der Waals surface area contributed by atoms with Gasteiger partial charge in [-0.05, 0) is 79.5 Å². The first-order chi connectivity index (χ1) is 16.9. The van der Waals surface area contributed by atoms with Crippen molar-refractivity contribution >= 4 is 23.7 Å². The number of nitrogens with zero attached hydrogens (tertiary/aromatic N) is 2. The number of hydrogen-bond donors (Lipinski definition) is 2. The van der Waals surface area contributed by atoms with Crippen LogP contribution in [0.1, 0.15) is 61.9 Å². The SMILES string of the molecule is C=C(C=N/C=C(\C)c1c(C)cccc1C)[C@@H](CC(=O)O)NC(=O)C(CC(C)C)n1ccc(C)cc1=O. The number of allylic oxidation sites excluding steroid dienone is 1. The molecular weight excluding hydrogens is 454 g/mol. The second-order valence-corrected chi connectivity index (χ2v) is 9.69. The molecule has 1 aromatic carbocycles. The van der Waals surface area contributed by atoms with E-state index in [2.05, 4.69) is 16.9 Å². The number of aromatic nitrogens is 1. The van der Waals surface area contributed by atoms with Gasteiger partial charge in [0, 0.05) is 24.7 Å². The number of nitrogens with one attached hydrogen (secondary N) is 1. The van der Waals surface area contributed by atoms with E-state index >= 15 is 0 Å². The van der Waals surface area contributed by atoms with Crippen molar-refractivity contribution in [1.29, 1.82) is 0 Å². The summed E-state index contributed by atoms with van der Waals surface area (Å²) >= 11 is 0. The molecule has 7 nitrogen and oxygen atoms in total. The smallest absolute Gasteiger partial charge is 0.305 e. The third kappa shape index (κ3) is 7.90. The highest BCUT2D eigenvalue weighted by Gasteiger charge is 2.26. The average Bonchev–Trinajstić information content (AvgIpc) is 2.76. The lowest BCUT2D eigenvalue weighted by Crippen LogP contribution is -2.44. The topological polar surface area (TPSA) is 101 Å². The first-order valence-corrected chi connectivity index (χ1v) is 12.1. The minimum atomic E-state index is -1.08. The monoisotopic (exact) mass is 491 g/mol. The van der Waals surface area contributed by atoms with Gasteiger partial charge in [-0.25, -0.2) is 0 Å². The van der Waals surface area contributed by atoms with Crippen molar-refractivity contribution < 1.29 is 14.7 Å². The van der Waals surface area contributed by atoms with Gasteiger partial charge in [-0.2, -0.15) is 0 Å². The molecule has 2 N–H and O–H groups in total. The molecule has 0 aliphatic heterocycles. The van der Waals surface area contributed by atoms with Crippen molar-refractivity contribution in [3.63, 3.8) is 0 Å². The van der Waals surface area contributed by atoms with Crippen LogP contribution in [0.25, 0.3) is 5.57 Å². The summed E-state index contributed by atoms with van der Waals surface area (Å²) in [5.41, 5.74) is 5.22. The molecule has 0 saturated carbocycles. The molecule has 2 rings (SSSR count). The minimum Gasteiger partial charge on any atom is -0.481 e. The highest BCUT2D eigenvalue weighted by molar-refractivity contribution is 5.87. The molecule has 0 aliphatic rings. The fraction of sp³-hybridized carbons (Fsp3) is 0.379. The maximum absolute atomic E-state index is 13.3. The van der Waals surface area contributed by atoms with Gasteiger partial charge in [0.15, 0.2) is 0 Å². The summed E-state index contributed by atoms with van der Waals surface area (Å²) in [5, 5.41) is 12.2. The number of carboxylic acid groups (broad SMARTS) is 1. The van der Waals surface area contributed by atoms with Gasteiger partial charge >= 0.3 is 5.97 Å². The largest absolute Gasteiger partial charge is 0.481 e.